The topological polar surface area (TPSA) is 140 Å². The van der Waals surface area contributed by atoms with Crippen LogP contribution in [0.3, 0.4) is 0 Å². The number of ether oxygens (including phenoxy) is 2. The Morgan fingerprint density at radius 2 is 1.33 bits per heavy atom. The summed E-state index contributed by atoms with van der Waals surface area (Å²) in [6.45, 7) is 4.35. The molecule has 0 bridgehead atoms. The SMILES string of the molecule is O=C(OCc1ccccc1)N1CCN(C(C(=O)N2CCC[C@H]2c2ncc(-c3ccc(-c4ccc(-c5c[nH]c([C@@H]6CCCN6C(=O)[C@H]6CCCO6)n5)cc4)cc3)[nH]2)c2ccccc2)CC1. The van der Waals surface area contributed by atoms with E-state index in [-0.39, 0.29) is 42.7 Å². The lowest BCUT2D eigenvalue weighted by Gasteiger charge is -2.40. The van der Waals surface area contributed by atoms with Crippen LogP contribution in [0, 0.1) is 0 Å². The van der Waals surface area contributed by atoms with Gasteiger partial charge in [-0.05, 0) is 66.3 Å². The number of piperazine rings is 1. The molecule has 0 spiro atoms. The van der Waals surface area contributed by atoms with Crippen LogP contribution in [-0.2, 0) is 25.7 Å². The van der Waals surface area contributed by atoms with Crippen LogP contribution < -0.4 is 0 Å². The van der Waals surface area contributed by atoms with Crippen LogP contribution in [-0.4, -0.2) is 109 Å². The van der Waals surface area contributed by atoms with Crippen LogP contribution in [0.15, 0.2) is 122 Å². The molecule has 0 radical (unpaired) electrons. The van der Waals surface area contributed by atoms with E-state index in [2.05, 4.69) is 63.4 Å². The summed E-state index contributed by atoms with van der Waals surface area (Å²) in [6.07, 6.45) is 8.45. The standard InChI is InChI=1S/C51H54N8O5/c60-49(45-16-9-31-63-45)58-25-7-14-43(58)47-52-32-41(54-47)38-21-17-36(18-22-38)37-19-23-39(24-20-37)42-33-53-48(55-42)44-15-8-26-59(44)50(61)46(40-12-5-2-6-13-40)56-27-29-57(30-28-56)51(62)64-34-35-10-3-1-4-11-35/h1-6,10-13,17-24,32-33,43-46H,7-9,14-16,25-31,34H2,(H,52,54)(H,53,55)/t43-,44-,45+,46?/m0/s1. The van der Waals surface area contributed by atoms with Crippen molar-refractivity contribution in [2.45, 2.75) is 69.4 Å². The number of nitrogens with one attached hydrogen (secondary N) is 2. The van der Waals surface area contributed by atoms with Gasteiger partial charge in [-0.3, -0.25) is 14.5 Å². The second-order valence-electron chi connectivity index (χ2n) is 17.3. The van der Waals surface area contributed by atoms with Gasteiger partial charge in [0, 0.05) is 57.6 Å². The Hall–Kier alpha value is -6.57. The van der Waals surface area contributed by atoms with Gasteiger partial charge in [0.25, 0.3) is 5.91 Å². The van der Waals surface area contributed by atoms with E-state index < -0.39 is 6.04 Å². The molecule has 4 aliphatic rings. The Bertz CT molecular complexity index is 2530. The third kappa shape index (κ3) is 8.69. The van der Waals surface area contributed by atoms with Crippen LogP contribution in [0.25, 0.3) is 33.6 Å². The highest BCUT2D eigenvalue weighted by atomic mass is 16.6. The minimum Gasteiger partial charge on any atom is -0.445 e. The predicted molar refractivity (Wildman–Crippen MR) is 242 cm³/mol. The minimum absolute atomic E-state index is 0.0510. The van der Waals surface area contributed by atoms with E-state index in [4.69, 9.17) is 19.4 Å². The van der Waals surface area contributed by atoms with E-state index in [1.54, 1.807) is 4.90 Å². The number of H-pyrrole nitrogens is 2. The highest BCUT2D eigenvalue weighted by Gasteiger charge is 2.40. The summed E-state index contributed by atoms with van der Waals surface area (Å²) in [7, 11) is 0. The van der Waals surface area contributed by atoms with Crippen molar-refractivity contribution in [3.05, 3.63) is 144 Å². The molecule has 64 heavy (non-hydrogen) atoms. The number of amides is 3. The summed E-state index contributed by atoms with van der Waals surface area (Å²) < 4.78 is 11.3. The normalized spacial score (nSPS) is 20.8. The first-order valence-electron chi connectivity index (χ1n) is 22.8. The summed E-state index contributed by atoms with van der Waals surface area (Å²) in [6, 6.07) is 35.8. The molecule has 1 unspecified atom stereocenters. The third-order valence-electron chi connectivity index (χ3n) is 13.3. The van der Waals surface area contributed by atoms with E-state index >= 15 is 0 Å². The largest absolute Gasteiger partial charge is 0.445 e. The van der Waals surface area contributed by atoms with E-state index in [1.165, 1.54) is 0 Å². The highest BCUT2D eigenvalue weighted by molar-refractivity contribution is 5.84. The van der Waals surface area contributed by atoms with Gasteiger partial charge in [-0.25, -0.2) is 14.8 Å². The summed E-state index contributed by atoms with van der Waals surface area (Å²) in [5, 5.41) is 0. The monoisotopic (exact) mass is 858 g/mol. The molecular formula is C51H54N8O5. The third-order valence-corrected chi connectivity index (χ3v) is 13.3. The first-order chi connectivity index (χ1) is 31.5. The smallest absolute Gasteiger partial charge is 0.410 e. The molecule has 4 aliphatic heterocycles. The van der Waals surface area contributed by atoms with Crippen LogP contribution >= 0.6 is 0 Å². The maximum Gasteiger partial charge on any atom is 0.410 e. The Balaban J connectivity index is 0.778. The first-order valence-corrected chi connectivity index (χ1v) is 22.8. The van der Waals surface area contributed by atoms with Gasteiger partial charge in [-0.2, -0.15) is 0 Å². The molecule has 0 saturated carbocycles. The van der Waals surface area contributed by atoms with Crippen molar-refractivity contribution in [2.75, 3.05) is 45.9 Å². The number of aromatic nitrogens is 4. The van der Waals surface area contributed by atoms with Gasteiger partial charge < -0.3 is 34.1 Å². The van der Waals surface area contributed by atoms with Gasteiger partial charge >= 0.3 is 6.09 Å². The molecular weight excluding hydrogens is 805 g/mol. The van der Waals surface area contributed by atoms with E-state index in [9.17, 15) is 14.4 Å². The Labute approximate surface area is 373 Å². The van der Waals surface area contributed by atoms with Gasteiger partial charge in [0.15, 0.2) is 0 Å². The van der Waals surface area contributed by atoms with Crippen molar-refractivity contribution in [3.8, 4) is 33.6 Å². The van der Waals surface area contributed by atoms with Crippen molar-refractivity contribution >= 4 is 17.9 Å². The lowest BCUT2D eigenvalue weighted by Crippen LogP contribution is -2.53. The second kappa shape index (κ2) is 18.6. The van der Waals surface area contributed by atoms with Gasteiger partial charge in [0.1, 0.15) is 30.4 Å². The Morgan fingerprint density at radius 3 is 2.02 bits per heavy atom. The molecule has 2 aromatic heterocycles. The van der Waals surface area contributed by atoms with E-state index in [1.807, 2.05) is 82.9 Å². The van der Waals surface area contributed by atoms with Crippen molar-refractivity contribution in [1.82, 2.24) is 39.5 Å². The molecule has 13 nitrogen and oxygen atoms in total. The number of likely N-dealkylation sites (tertiary alicyclic amines) is 2. The van der Waals surface area contributed by atoms with E-state index in [0.29, 0.717) is 39.3 Å². The van der Waals surface area contributed by atoms with Crippen LogP contribution in [0.1, 0.15) is 79.4 Å². The number of aromatic amines is 2. The molecule has 4 atom stereocenters. The van der Waals surface area contributed by atoms with E-state index in [0.717, 1.165) is 101 Å². The molecule has 0 aliphatic carbocycles. The maximum absolute atomic E-state index is 14.7. The highest BCUT2D eigenvalue weighted by Crippen LogP contribution is 2.37. The van der Waals surface area contributed by atoms with Crippen molar-refractivity contribution in [2.24, 2.45) is 0 Å². The summed E-state index contributed by atoms with van der Waals surface area (Å²) in [5.74, 6) is 1.76. The van der Waals surface area contributed by atoms with Gasteiger partial charge in [0.05, 0.1) is 29.7 Å². The first kappa shape index (κ1) is 41.4. The number of carbonyl (C=O) groups is 3. The number of imidazole rings is 2. The van der Waals surface area contributed by atoms with Crippen molar-refractivity contribution in [3.63, 3.8) is 0 Å². The van der Waals surface area contributed by atoms with Crippen LogP contribution in [0.5, 0.6) is 0 Å². The van der Waals surface area contributed by atoms with Gasteiger partial charge in [0.2, 0.25) is 5.91 Å². The number of hydrogen-bond acceptors (Lipinski definition) is 8. The molecule has 4 aromatic carbocycles. The molecule has 3 amide bonds. The Morgan fingerprint density at radius 1 is 0.688 bits per heavy atom. The lowest BCUT2D eigenvalue weighted by molar-refractivity contribution is -0.142. The lowest BCUT2D eigenvalue weighted by atomic mass is 10.0. The molecule has 10 rings (SSSR count). The predicted octanol–water partition coefficient (Wildman–Crippen LogP) is 8.34. The van der Waals surface area contributed by atoms with Crippen molar-refractivity contribution in [1.29, 1.82) is 0 Å². The fraction of sp³-hybridized carbons (Fsp3) is 0.353. The maximum atomic E-state index is 14.7. The number of hydrogen-bond donors (Lipinski definition) is 2. The fourth-order valence-corrected chi connectivity index (χ4v) is 9.85. The molecule has 2 N–H and O–H groups in total. The average molecular weight is 859 g/mol. The quantitative estimate of drug-likeness (QED) is 0.133. The number of nitrogens with zero attached hydrogens (tertiary/aromatic N) is 6. The summed E-state index contributed by atoms with van der Waals surface area (Å²) in [4.78, 5) is 65.4. The zero-order valence-electron chi connectivity index (χ0n) is 36.0. The molecule has 4 saturated heterocycles. The number of benzene rings is 4. The Kier molecular flexibility index (Phi) is 12.1. The second-order valence-corrected chi connectivity index (χ2v) is 17.3. The summed E-state index contributed by atoms with van der Waals surface area (Å²) >= 11 is 0. The molecule has 4 fully saturated rings. The zero-order chi connectivity index (χ0) is 43.4. The van der Waals surface area contributed by atoms with Crippen LogP contribution in [0.4, 0.5) is 4.79 Å². The minimum atomic E-state index is -0.478. The fourth-order valence-electron chi connectivity index (χ4n) is 9.85. The molecule has 328 valence electrons. The van der Waals surface area contributed by atoms with Crippen LogP contribution in [0.2, 0.25) is 0 Å². The van der Waals surface area contributed by atoms with Gasteiger partial charge in [-0.1, -0.05) is 109 Å². The molecule has 6 heterocycles. The number of carbonyl (C=O) groups excluding carboxylic acids is 3. The molecule has 6 aromatic rings. The summed E-state index contributed by atoms with van der Waals surface area (Å²) in [5.41, 5.74) is 7.87. The van der Waals surface area contributed by atoms with Crippen molar-refractivity contribution < 1.29 is 23.9 Å². The molecule has 13 heteroatoms. The number of rotatable bonds is 11. The zero-order valence-corrected chi connectivity index (χ0v) is 36.0. The van der Waals surface area contributed by atoms with Gasteiger partial charge in [-0.15, -0.1) is 0 Å². The average Bonchev–Trinajstić information content (AvgIpc) is 4.21.